The van der Waals surface area contributed by atoms with Crippen LogP contribution in [0.1, 0.15) is 23.6 Å². The van der Waals surface area contributed by atoms with Crippen LogP contribution in [0.2, 0.25) is 0 Å². The van der Waals surface area contributed by atoms with Gasteiger partial charge in [-0.25, -0.2) is 4.99 Å². The summed E-state index contributed by atoms with van der Waals surface area (Å²) in [4.78, 5) is 17.8. The molecule has 0 saturated carbocycles. The number of nitrogens with zero attached hydrogens (tertiary/aromatic N) is 2. The zero-order valence-electron chi connectivity index (χ0n) is 14.9. The van der Waals surface area contributed by atoms with Crippen LogP contribution in [0, 0.1) is 13.8 Å². The summed E-state index contributed by atoms with van der Waals surface area (Å²) in [7, 11) is 3.47. The van der Waals surface area contributed by atoms with Gasteiger partial charge in [-0.2, -0.15) is 0 Å². The Morgan fingerprint density at radius 2 is 1.87 bits per heavy atom. The Morgan fingerprint density at radius 3 is 2.43 bits per heavy atom. The van der Waals surface area contributed by atoms with Crippen LogP contribution in [0.25, 0.3) is 0 Å². The van der Waals surface area contributed by atoms with E-state index in [0.717, 1.165) is 5.57 Å². The summed E-state index contributed by atoms with van der Waals surface area (Å²) in [6, 6.07) is 6.33. The fourth-order valence-corrected chi connectivity index (χ4v) is 1.91. The molecule has 1 rings (SSSR count). The number of carbonyl (C=O) groups excluding carboxylic acids is 1. The molecule has 0 unspecified atom stereocenters. The van der Waals surface area contributed by atoms with E-state index in [-0.39, 0.29) is 12.5 Å². The minimum atomic E-state index is 0.00124. The molecule has 0 aliphatic rings. The number of likely N-dealkylation sites (N-methyl/N-ethyl adjacent to an activating group) is 1. The van der Waals surface area contributed by atoms with Crippen LogP contribution in [-0.2, 0) is 11.3 Å². The van der Waals surface area contributed by atoms with E-state index >= 15 is 0 Å². The van der Waals surface area contributed by atoms with Crippen LogP contribution < -0.4 is 10.6 Å². The Hall–Kier alpha value is -2.30. The van der Waals surface area contributed by atoms with Gasteiger partial charge in [0.25, 0.3) is 0 Å². The highest BCUT2D eigenvalue weighted by atomic mass is 16.2. The molecule has 1 aromatic carbocycles. The number of benzene rings is 1. The van der Waals surface area contributed by atoms with Crippen LogP contribution in [0.3, 0.4) is 0 Å². The van der Waals surface area contributed by atoms with Crippen molar-refractivity contribution in [2.24, 2.45) is 4.99 Å². The molecule has 5 nitrogen and oxygen atoms in total. The third kappa shape index (κ3) is 7.00. The number of guanidine groups is 1. The maximum absolute atomic E-state index is 11.7. The first-order chi connectivity index (χ1) is 10.8. The standard InChI is InChI=1S/C18H28N4O/c1-13(2)10-19-18(21-12-17(23)22(5)6)20-11-16-8-7-14(3)9-15(16)4/h7-9H,1,10-12H2,2-6H3,(H2,19,20,21). The van der Waals surface area contributed by atoms with Crippen molar-refractivity contribution < 1.29 is 4.79 Å². The first-order valence-corrected chi connectivity index (χ1v) is 7.72. The molecule has 2 N–H and O–H groups in total. The molecule has 0 heterocycles. The van der Waals surface area contributed by atoms with Crippen molar-refractivity contribution in [3.05, 3.63) is 47.0 Å². The summed E-state index contributed by atoms with van der Waals surface area (Å²) in [5.41, 5.74) is 4.64. The summed E-state index contributed by atoms with van der Waals surface area (Å²) in [6.07, 6.45) is 0. The Balaban J connectivity index is 2.76. The van der Waals surface area contributed by atoms with Gasteiger partial charge in [0.1, 0.15) is 0 Å². The van der Waals surface area contributed by atoms with E-state index in [1.54, 1.807) is 19.0 Å². The predicted octanol–water partition coefficient (Wildman–Crippen LogP) is 2.00. The molecular formula is C18H28N4O. The predicted molar refractivity (Wildman–Crippen MR) is 96.6 cm³/mol. The van der Waals surface area contributed by atoms with Gasteiger partial charge in [-0.05, 0) is 31.9 Å². The van der Waals surface area contributed by atoms with E-state index in [1.165, 1.54) is 16.7 Å². The van der Waals surface area contributed by atoms with Gasteiger partial charge in [0.2, 0.25) is 5.91 Å². The van der Waals surface area contributed by atoms with Crippen molar-refractivity contribution in [1.29, 1.82) is 0 Å². The van der Waals surface area contributed by atoms with Crippen LogP contribution in [0.4, 0.5) is 0 Å². The van der Waals surface area contributed by atoms with Crippen molar-refractivity contribution in [2.45, 2.75) is 27.3 Å². The number of rotatable bonds is 6. The van der Waals surface area contributed by atoms with E-state index < -0.39 is 0 Å². The summed E-state index contributed by atoms with van der Waals surface area (Å²) in [5.74, 6) is 0.615. The molecule has 0 bridgehead atoms. The number of nitrogens with one attached hydrogen (secondary N) is 2. The quantitative estimate of drug-likeness (QED) is 0.479. The highest BCUT2D eigenvalue weighted by molar-refractivity contribution is 5.86. The molecule has 1 aromatic rings. The number of aryl methyl sites for hydroxylation is 2. The molecule has 0 aromatic heterocycles. The fourth-order valence-electron chi connectivity index (χ4n) is 1.91. The first-order valence-electron chi connectivity index (χ1n) is 7.72. The lowest BCUT2D eigenvalue weighted by Gasteiger charge is -2.15. The van der Waals surface area contributed by atoms with Gasteiger partial charge in [-0.3, -0.25) is 4.79 Å². The number of hydrogen-bond donors (Lipinski definition) is 2. The minimum absolute atomic E-state index is 0.00124. The van der Waals surface area contributed by atoms with Crippen molar-refractivity contribution in [1.82, 2.24) is 15.5 Å². The summed E-state index contributed by atoms with van der Waals surface area (Å²) < 4.78 is 0. The first kappa shape index (κ1) is 18.7. The largest absolute Gasteiger partial charge is 0.353 e. The van der Waals surface area contributed by atoms with Crippen molar-refractivity contribution in [3.63, 3.8) is 0 Å². The number of carbonyl (C=O) groups is 1. The molecule has 126 valence electrons. The Morgan fingerprint density at radius 1 is 1.22 bits per heavy atom. The van der Waals surface area contributed by atoms with Gasteiger partial charge in [0, 0.05) is 20.6 Å². The van der Waals surface area contributed by atoms with Gasteiger partial charge < -0.3 is 15.5 Å². The van der Waals surface area contributed by atoms with E-state index in [2.05, 4.69) is 54.3 Å². The average molecular weight is 316 g/mol. The van der Waals surface area contributed by atoms with E-state index in [4.69, 9.17) is 0 Å². The third-order valence-corrected chi connectivity index (χ3v) is 3.37. The van der Waals surface area contributed by atoms with E-state index in [0.29, 0.717) is 19.0 Å². The number of aliphatic imine (C=N–C) groups is 1. The minimum Gasteiger partial charge on any atom is -0.353 e. The van der Waals surface area contributed by atoms with Crippen LogP contribution in [0.15, 0.2) is 35.3 Å². The zero-order valence-corrected chi connectivity index (χ0v) is 14.9. The van der Waals surface area contributed by atoms with Crippen molar-refractivity contribution in [3.8, 4) is 0 Å². The second-order valence-electron chi connectivity index (χ2n) is 6.05. The monoisotopic (exact) mass is 316 g/mol. The van der Waals surface area contributed by atoms with Gasteiger partial charge in [0.05, 0.1) is 13.1 Å². The van der Waals surface area contributed by atoms with Crippen LogP contribution in [-0.4, -0.2) is 44.0 Å². The van der Waals surface area contributed by atoms with E-state index in [9.17, 15) is 4.79 Å². The molecule has 0 saturated heterocycles. The third-order valence-electron chi connectivity index (χ3n) is 3.37. The molecule has 1 amide bonds. The lowest BCUT2D eigenvalue weighted by atomic mass is 10.1. The van der Waals surface area contributed by atoms with Gasteiger partial charge in [0.15, 0.2) is 5.96 Å². The van der Waals surface area contributed by atoms with Gasteiger partial charge >= 0.3 is 0 Å². The maximum atomic E-state index is 11.7. The zero-order chi connectivity index (χ0) is 17.4. The SMILES string of the molecule is C=C(C)CNC(=NCc1ccc(C)cc1C)NCC(=O)N(C)C. The second kappa shape index (κ2) is 8.98. The van der Waals surface area contributed by atoms with Crippen molar-refractivity contribution in [2.75, 3.05) is 27.2 Å². The Kier molecular flexibility index (Phi) is 7.32. The number of hydrogen-bond acceptors (Lipinski definition) is 2. The van der Waals surface area contributed by atoms with Crippen LogP contribution in [0.5, 0.6) is 0 Å². The molecule has 23 heavy (non-hydrogen) atoms. The molecule has 0 aliphatic carbocycles. The fraction of sp³-hybridized carbons (Fsp3) is 0.444. The second-order valence-corrected chi connectivity index (χ2v) is 6.05. The Labute approximate surface area is 139 Å². The summed E-state index contributed by atoms with van der Waals surface area (Å²) >= 11 is 0. The molecule has 0 radical (unpaired) electrons. The average Bonchev–Trinajstić information content (AvgIpc) is 2.47. The molecule has 0 spiro atoms. The van der Waals surface area contributed by atoms with Crippen LogP contribution >= 0.6 is 0 Å². The van der Waals surface area contributed by atoms with E-state index in [1.807, 2.05) is 6.92 Å². The summed E-state index contributed by atoms with van der Waals surface area (Å²) in [5, 5.41) is 6.25. The lowest BCUT2D eigenvalue weighted by molar-refractivity contribution is -0.127. The Bertz CT molecular complexity index is 591. The topological polar surface area (TPSA) is 56.7 Å². The lowest BCUT2D eigenvalue weighted by Crippen LogP contribution is -2.43. The highest BCUT2D eigenvalue weighted by Crippen LogP contribution is 2.11. The van der Waals surface area contributed by atoms with Crippen molar-refractivity contribution >= 4 is 11.9 Å². The smallest absolute Gasteiger partial charge is 0.241 e. The van der Waals surface area contributed by atoms with Gasteiger partial charge in [-0.15, -0.1) is 0 Å². The summed E-state index contributed by atoms with van der Waals surface area (Å²) in [6.45, 7) is 11.4. The molecule has 0 aliphatic heterocycles. The normalized spacial score (nSPS) is 11.1. The van der Waals surface area contributed by atoms with Gasteiger partial charge in [-0.1, -0.05) is 35.9 Å². The highest BCUT2D eigenvalue weighted by Gasteiger charge is 2.06. The maximum Gasteiger partial charge on any atom is 0.241 e. The molecule has 0 fully saturated rings. The molecule has 5 heteroatoms. The number of amides is 1. The molecular weight excluding hydrogens is 288 g/mol. The molecule has 0 atom stereocenters.